The Balaban J connectivity index is 1.86. The Bertz CT molecular complexity index is 887. The van der Waals surface area contributed by atoms with E-state index in [0.29, 0.717) is 0 Å². The van der Waals surface area contributed by atoms with Gasteiger partial charge in [-0.25, -0.2) is 9.67 Å². The van der Waals surface area contributed by atoms with Crippen LogP contribution in [-0.2, 0) is 0 Å². The van der Waals surface area contributed by atoms with Crippen molar-refractivity contribution in [2.75, 3.05) is 7.05 Å². The Kier molecular flexibility index (Phi) is 4.24. The highest BCUT2D eigenvalue weighted by atomic mass is 16.2. The summed E-state index contributed by atoms with van der Waals surface area (Å²) in [5.41, 5.74) is 0.495. The quantitative estimate of drug-likeness (QED) is 0.793. The fraction of sp³-hybridized carbons (Fsp3) is 0.176. The molecule has 0 aliphatic heterocycles. The second-order valence-electron chi connectivity index (χ2n) is 5.40. The van der Waals surface area contributed by atoms with Crippen LogP contribution in [0.3, 0.4) is 0 Å². The standard InChI is InChI=1S/C17H17N5O2/c1-12(13-7-4-3-5-8-13)21(2)16(24)14-11-18-17(20-15(14)23)22-10-6-9-19-22/h3-12H,1-2H3,(H,18,20,23)/t12-/m0/s1. The molecule has 2 aromatic heterocycles. The second-order valence-corrected chi connectivity index (χ2v) is 5.40. The first kappa shape index (κ1) is 15.7. The first-order valence-electron chi connectivity index (χ1n) is 7.49. The molecule has 0 unspecified atom stereocenters. The van der Waals surface area contributed by atoms with Crippen molar-refractivity contribution < 1.29 is 4.79 Å². The number of hydrogen-bond acceptors (Lipinski definition) is 4. The second kappa shape index (κ2) is 6.49. The third-order valence-electron chi connectivity index (χ3n) is 3.92. The van der Waals surface area contributed by atoms with E-state index >= 15 is 0 Å². The number of hydrogen-bond donors (Lipinski definition) is 1. The topological polar surface area (TPSA) is 83.9 Å². The Labute approximate surface area is 138 Å². The van der Waals surface area contributed by atoms with Gasteiger partial charge in [-0.15, -0.1) is 0 Å². The van der Waals surface area contributed by atoms with Gasteiger partial charge in [0.25, 0.3) is 11.5 Å². The normalized spacial score (nSPS) is 11.9. The summed E-state index contributed by atoms with van der Waals surface area (Å²) in [5.74, 6) is -0.118. The van der Waals surface area contributed by atoms with E-state index in [1.54, 1.807) is 25.5 Å². The predicted octanol–water partition coefficient (Wildman–Crippen LogP) is 1.79. The lowest BCUT2D eigenvalue weighted by molar-refractivity contribution is 0.0740. The average Bonchev–Trinajstić information content (AvgIpc) is 3.15. The van der Waals surface area contributed by atoms with E-state index in [9.17, 15) is 9.59 Å². The maximum Gasteiger partial charge on any atom is 0.265 e. The van der Waals surface area contributed by atoms with Crippen molar-refractivity contribution in [3.63, 3.8) is 0 Å². The molecule has 3 rings (SSSR count). The summed E-state index contributed by atoms with van der Waals surface area (Å²) < 4.78 is 1.42. The zero-order valence-corrected chi connectivity index (χ0v) is 13.4. The van der Waals surface area contributed by atoms with Gasteiger partial charge in [0.2, 0.25) is 5.95 Å². The summed E-state index contributed by atoms with van der Waals surface area (Å²) in [6.07, 6.45) is 4.52. The number of aromatic nitrogens is 4. The first-order chi connectivity index (χ1) is 11.6. The Hall–Kier alpha value is -3.22. The van der Waals surface area contributed by atoms with Gasteiger partial charge in [-0.3, -0.25) is 14.6 Å². The number of nitrogens with zero attached hydrogens (tertiary/aromatic N) is 4. The highest BCUT2D eigenvalue weighted by molar-refractivity contribution is 5.93. The third kappa shape index (κ3) is 2.96. The molecule has 3 aromatic rings. The fourth-order valence-corrected chi connectivity index (χ4v) is 2.37. The molecule has 2 heterocycles. The first-order valence-corrected chi connectivity index (χ1v) is 7.49. The molecule has 24 heavy (non-hydrogen) atoms. The minimum atomic E-state index is -0.493. The predicted molar refractivity (Wildman–Crippen MR) is 88.9 cm³/mol. The molecule has 0 saturated heterocycles. The van der Waals surface area contributed by atoms with Gasteiger partial charge in [0.05, 0.1) is 6.04 Å². The SMILES string of the molecule is C[C@@H](c1ccccc1)N(C)C(=O)c1cnc(-n2cccn2)[nH]c1=O. The molecule has 1 atom stereocenters. The van der Waals surface area contributed by atoms with E-state index in [2.05, 4.69) is 15.1 Å². The molecule has 1 amide bonds. The van der Waals surface area contributed by atoms with Crippen molar-refractivity contribution in [2.45, 2.75) is 13.0 Å². The van der Waals surface area contributed by atoms with Crippen LogP contribution in [0.2, 0.25) is 0 Å². The van der Waals surface area contributed by atoms with Gasteiger partial charge in [-0.2, -0.15) is 5.10 Å². The van der Waals surface area contributed by atoms with Crippen molar-refractivity contribution in [2.24, 2.45) is 0 Å². The lowest BCUT2D eigenvalue weighted by Crippen LogP contribution is -2.34. The molecule has 0 fully saturated rings. The molecule has 122 valence electrons. The molecule has 0 aliphatic carbocycles. The number of benzene rings is 1. The molecule has 7 nitrogen and oxygen atoms in total. The Morgan fingerprint density at radius 1 is 1.25 bits per heavy atom. The van der Waals surface area contributed by atoms with Crippen LogP contribution in [0.25, 0.3) is 5.95 Å². The van der Waals surface area contributed by atoms with Gasteiger partial charge in [0.1, 0.15) is 5.56 Å². The molecule has 0 saturated carbocycles. The summed E-state index contributed by atoms with van der Waals surface area (Å²) in [6, 6.07) is 11.2. The molecule has 0 aliphatic rings. The van der Waals surface area contributed by atoms with Crippen LogP contribution in [0.1, 0.15) is 28.9 Å². The molecular formula is C17H17N5O2. The molecular weight excluding hydrogens is 306 g/mol. The molecule has 1 N–H and O–H groups in total. The van der Waals surface area contributed by atoms with Gasteiger partial charge in [-0.1, -0.05) is 30.3 Å². The number of carbonyl (C=O) groups is 1. The van der Waals surface area contributed by atoms with Crippen LogP contribution >= 0.6 is 0 Å². The molecule has 7 heteroatoms. The van der Waals surface area contributed by atoms with Crippen LogP contribution in [-0.4, -0.2) is 37.6 Å². The van der Waals surface area contributed by atoms with Crippen LogP contribution in [0.4, 0.5) is 0 Å². The maximum atomic E-state index is 12.6. The highest BCUT2D eigenvalue weighted by Crippen LogP contribution is 2.19. The van der Waals surface area contributed by atoms with Gasteiger partial charge in [-0.05, 0) is 18.6 Å². The van der Waals surface area contributed by atoms with Crippen molar-refractivity contribution in [1.82, 2.24) is 24.6 Å². The smallest absolute Gasteiger partial charge is 0.265 e. The van der Waals surface area contributed by atoms with Gasteiger partial charge in [0, 0.05) is 25.6 Å². The minimum Gasteiger partial charge on any atom is -0.335 e. The molecule has 1 aromatic carbocycles. The molecule has 0 radical (unpaired) electrons. The van der Waals surface area contributed by atoms with Crippen LogP contribution in [0.5, 0.6) is 0 Å². The Morgan fingerprint density at radius 3 is 2.62 bits per heavy atom. The highest BCUT2D eigenvalue weighted by Gasteiger charge is 2.22. The van der Waals surface area contributed by atoms with Crippen molar-refractivity contribution in [3.8, 4) is 5.95 Å². The average molecular weight is 323 g/mol. The number of amides is 1. The summed E-state index contributed by atoms with van der Waals surface area (Å²) in [6.45, 7) is 1.91. The summed E-state index contributed by atoms with van der Waals surface area (Å²) in [4.78, 5) is 33.1. The van der Waals surface area contributed by atoms with E-state index in [4.69, 9.17) is 0 Å². The van der Waals surface area contributed by atoms with Crippen molar-refractivity contribution in [3.05, 3.63) is 76.5 Å². The summed E-state index contributed by atoms with van der Waals surface area (Å²) in [5, 5.41) is 3.99. The number of H-pyrrole nitrogens is 1. The zero-order chi connectivity index (χ0) is 17.1. The Morgan fingerprint density at radius 2 is 2.00 bits per heavy atom. The summed E-state index contributed by atoms with van der Waals surface area (Å²) in [7, 11) is 1.67. The molecule has 0 spiro atoms. The maximum absolute atomic E-state index is 12.6. The van der Waals surface area contributed by atoms with Gasteiger partial charge >= 0.3 is 0 Å². The largest absolute Gasteiger partial charge is 0.335 e. The van der Waals surface area contributed by atoms with E-state index in [1.165, 1.54) is 15.8 Å². The summed E-state index contributed by atoms with van der Waals surface area (Å²) >= 11 is 0. The van der Waals surface area contributed by atoms with Crippen molar-refractivity contribution >= 4 is 5.91 Å². The van der Waals surface area contributed by atoms with E-state index < -0.39 is 5.56 Å². The van der Waals surface area contributed by atoms with Gasteiger partial charge in [0.15, 0.2) is 0 Å². The number of nitrogens with one attached hydrogen (secondary N) is 1. The van der Waals surface area contributed by atoms with Crippen LogP contribution < -0.4 is 5.56 Å². The monoisotopic (exact) mass is 323 g/mol. The van der Waals surface area contributed by atoms with E-state index in [1.807, 2.05) is 37.3 Å². The van der Waals surface area contributed by atoms with Crippen molar-refractivity contribution in [1.29, 1.82) is 0 Å². The van der Waals surface area contributed by atoms with E-state index in [-0.39, 0.29) is 23.5 Å². The zero-order valence-electron chi connectivity index (χ0n) is 13.4. The lowest BCUT2D eigenvalue weighted by Gasteiger charge is -2.25. The number of rotatable bonds is 4. The lowest BCUT2D eigenvalue weighted by atomic mass is 10.1. The molecule has 0 bridgehead atoms. The third-order valence-corrected chi connectivity index (χ3v) is 3.92. The van der Waals surface area contributed by atoms with Crippen LogP contribution in [0.15, 0.2) is 59.8 Å². The van der Waals surface area contributed by atoms with E-state index in [0.717, 1.165) is 5.56 Å². The van der Waals surface area contributed by atoms with Crippen LogP contribution in [0, 0.1) is 0 Å². The number of aromatic amines is 1. The van der Waals surface area contributed by atoms with Gasteiger partial charge < -0.3 is 4.90 Å². The fourth-order valence-electron chi connectivity index (χ4n) is 2.37. The minimum absolute atomic E-state index is 0.00353. The number of carbonyl (C=O) groups excluding carboxylic acids is 1.